The van der Waals surface area contributed by atoms with Crippen molar-refractivity contribution in [3.05, 3.63) is 0 Å². The van der Waals surface area contributed by atoms with Crippen molar-refractivity contribution in [3.63, 3.8) is 0 Å². The monoisotopic (exact) mass is 235 g/mol. The van der Waals surface area contributed by atoms with Gasteiger partial charge >= 0.3 is 0 Å². The van der Waals surface area contributed by atoms with Crippen molar-refractivity contribution in [1.82, 2.24) is 5.32 Å². The number of hydrogen-bond acceptors (Lipinski definition) is 2. The van der Waals surface area contributed by atoms with E-state index in [1.54, 1.807) is 0 Å². The Morgan fingerprint density at radius 2 is 1.59 bits per heavy atom. The van der Waals surface area contributed by atoms with Crippen molar-refractivity contribution in [2.24, 2.45) is 17.8 Å². The van der Waals surface area contributed by atoms with Crippen LogP contribution in [-0.4, -0.2) is 18.4 Å². The van der Waals surface area contributed by atoms with E-state index in [0.29, 0.717) is 12.0 Å². The topological polar surface area (TPSA) is 29.1 Å². The summed E-state index contributed by atoms with van der Waals surface area (Å²) in [7, 11) is 0. The van der Waals surface area contributed by atoms with Crippen LogP contribution >= 0.6 is 0 Å². The molecule has 1 saturated heterocycles. The Morgan fingerprint density at radius 1 is 0.882 bits per heavy atom. The average molecular weight is 235 g/mol. The molecule has 0 bridgehead atoms. The minimum Gasteiger partial charge on any atom is -0.304 e. The van der Waals surface area contributed by atoms with Crippen molar-refractivity contribution in [1.29, 1.82) is 0 Å². The molecule has 0 aromatic heterocycles. The molecule has 2 aliphatic carbocycles. The van der Waals surface area contributed by atoms with Crippen LogP contribution in [0.3, 0.4) is 0 Å². The molecule has 3 rings (SSSR count). The highest BCUT2D eigenvalue weighted by molar-refractivity contribution is 5.59. The number of carbonyl (C=O) groups is 1. The summed E-state index contributed by atoms with van der Waals surface area (Å²) in [4.78, 5) is 11.3. The summed E-state index contributed by atoms with van der Waals surface area (Å²) in [6, 6.07) is 0.831. The van der Waals surface area contributed by atoms with Crippen molar-refractivity contribution >= 4 is 6.29 Å². The van der Waals surface area contributed by atoms with Crippen molar-refractivity contribution < 1.29 is 4.79 Å². The smallest absolute Gasteiger partial charge is 0.137 e. The maximum Gasteiger partial charge on any atom is 0.137 e. The van der Waals surface area contributed by atoms with Crippen LogP contribution in [0, 0.1) is 17.8 Å². The molecular weight excluding hydrogens is 210 g/mol. The summed E-state index contributed by atoms with van der Waals surface area (Å²) < 4.78 is 0. The van der Waals surface area contributed by atoms with Gasteiger partial charge in [-0.15, -0.1) is 0 Å². The molecule has 4 atom stereocenters. The van der Waals surface area contributed by atoms with Crippen molar-refractivity contribution in [2.75, 3.05) is 0 Å². The molecule has 2 saturated carbocycles. The minimum atomic E-state index is 0.172. The molecule has 0 spiro atoms. The fourth-order valence-electron chi connectivity index (χ4n) is 4.74. The number of carbonyl (C=O) groups excluding carboxylic acids is 1. The SMILES string of the molecule is O=CC1NC2CCCCC2[C@@H]1C1CCCCC1. The van der Waals surface area contributed by atoms with E-state index in [1.807, 2.05) is 0 Å². The highest BCUT2D eigenvalue weighted by atomic mass is 16.1. The first kappa shape index (κ1) is 11.7. The van der Waals surface area contributed by atoms with Crippen LogP contribution in [0.5, 0.6) is 0 Å². The second-order valence-corrected chi connectivity index (χ2v) is 6.36. The molecule has 0 aromatic rings. The first-order valence-electron chi connectivity index (χ1n) is 7.61. The van der Waals surface area contributed by atoms with Crippen LogP contribution < -0.4 is 5.32 Å². The Bertz CT molecular complexity index is 272. The fourth-order valence-corrected chi connectivity index (χ4v) is 4.74. The van der Waals surface area contributed by atoms with Gasteiger partial charge in [0, 0.05) is 6.04 Å². The van der Waals surface area contributed by atoms with Crippen LogP contribution in [0.4, 0.5) is 0 Å². The quantitative estimate of drug-likeness (QED) is 0.746. The number of rotatable bonds is 2. The molecule has 1 N–H and O–H groups in total. The lowest BCUT2D eigenvalue weighted by molar-refractivity contribution is -0.110. The Kier molecular flexibility index (Phi) is 3.51. The van der Waals surface area contributed by atoms with E-state index in [9.17, 15) is 4.79 Å². The van der Waals surface area contributed by atoms with Crippen LogP contribution in [0.2, 0.25) is 0 Å². The number of hydrogen-bond donors (Lipinski definition) is 1. The fraction of sp³-hybridized carbons (Fsp3) is 0.933. The van der Waals surface area contributed by atoms with E-state index >= 15 is 0 Å². The van der Waals surface area contributed by atoms with Gasteiger partial charge in [-0.1, -0.05) is 44.9 Å². The molecule has 3 fully saturated rings. The van der Waals surface area contributed by atoms with Gasteiger partial charge in [0.1, 0.15) is 6.29 Å². The Labute approximate surface area is 105 Å². The van der Waals surface area contributed by atoms with Crippen LogP contribution in [0.25, 0.3) is 0 Å². The normalized spacial score (nSPS) is 43.3. The Hall–Kier alpha value is -0.370. The predicted molar refractivity (Wildman–Crippen MR) is 68.8 cm³/mol. The number of nitrogens with one attached hydrogen (secondary N) is 1. The maximum absolute atomic E-state index is 11.3. The maximum atomic E-state index is 11.3. The molecule has 0 radical (unpaired) electrons. The standard InChI is InChI=1S/C15H25NO/c17-10-14-15(11-6-2-1-3-7-11)12-8-4-5-9-13(12)16-14/h10-16H,1-9H2/t12?,13?,14?,15-/m0/s1. The third-order valence-electron chi connectivity index (χ3n) is 5.48. The van der Waals surface area contributed by atoms with Gasteiger partial charge in [0.15, 0.2) is 0 Å². The predicted octanol–water partition coefficient (Wildman–Crippen LogP) is 2.91. The van der Waals surface area contributed by atoms with Crippen LogP contribution in [0.15, 0.2) is 0 Å². The van der Waals surface area contributed by atoms with Gasteiger partial charge in [0.2, 0.25) is 0 Å². The highest BCUT2D eigenvalue weighted by Gasteiger charge is 2.46. The molecule has 0 aromatic carbocycles. The third-order valence-corrected chi connectivity index (χ3v) is 5.48. The number of aldehydes is 1. The van der Waals surface area contributed by atoms with E-state index in [0.717, 1.165) is 11.8 Å². The molecular formula is C15H25NO. The first-order valence-corrected chi connectivity index (χ1v) is 7.61. The summed E-state index contributed by atoms with van der Waals surface area (Å²) in [5.41, 5.74) is 0. The summed E-state index contributed by atoms with van der Waals surface area (Å²) in [5, 5.41) is 3.62. The lowest BCUT2D eigenvalue weighted by Gasteiger charge is -2.35. The van der Waals surface area contributed by atoms with Crippen LogP contribution in [0.1, 0.15) is 57.8 Å². The minimum absolute atomic E-state index is 0.172. The molecule has 0 amide bonds. The van der Waals surface area contributed by atoms with Gasteiger partial charge in [-0.3, -0.25) is 0 Å². The summed E-state index contributed by atoms with van der Waals surface area (Å²) >= 11 is 0. The zero-order valence-corrected chi connectivity index (χ0v) is 10.7. The highest BCUT2D eigenvalue weighted by Crippen LogP contribution is 2.45. The van der Waals surface area contributed by atoms with Gasteiger partial charge in [0.25, 0.3) is 0 Å². The molecule has 17 heavy (non-hydrogen) atoms. The zero-order chi connectivity index (χ0) is 11.7. The molecule has 3 aliphatic rings. The number of fused-ring (bicyclic) bond motifs is 1. The first-order chi connectivity index (χ1) is 8.40. The summed E-state index contributed by atoms with van der Waals surface area (Å²) in [6.45, 7) is 0. The van der Waals surface area contributed by atoms with Gasteiger partial charge < -0.3 is 10.1 Å². The van der Waals surface area contributed by atoms with E-state index < -0.39 is 0 Å². The second-order valence-electron chi connectivity index (χ2n) is 6.36. The molecule has 96 valence electrons. The van der Waals surface area contributed by atoms with Crippen LogP contribution in [-0.2, 0) is 4.79 Å². The molecule has 1 aliphatic heterocycles. The van der Waals surface area contributed by atoms with Gasteiger partial charge in [0.05, 0.1) is 6.04 Å². The van der Waals surface area contributed by atoms with Crippen molar-refractivity contribution in [2.45, 2.75) is 69.9 Å². The molecule has 3 unspecified atom stereocenters. The summed E-state index contributed by atoms with van der Waals surface area (Å²) in [5.74, 6) is 2.31. The molecule has 2 heteroatoms. The average Bonchev–Trinajstić information content (AvgIpc) is 2.78. The summed E-state index contributed by atoms with van der Waals surface area (Å²) in [6.07, 6.45) is 13.6. The Morgan fingerprint density at radius 3 is 2.35 bits per heavy atom. The second kappa shape index (κ2) is 5.09. The molecule has 1 heterocycles. The lowest BCUT2D eigenvalue weighted by atomic mass is 9.68. The van der Waals surface area contributed by atoms with Gasteiger partial charge in [-0.2, -0.15) is 0 Å². The molecule has 2 nitrogen and oxygen atoms in total. The van der Waals surface area contributed by atoms with E-state index in [-0.39, 0.29) is 6.04 Å². The Balaban J connectivity index is 1.76. The third kappa shape index (κ3) is 2.16. The van der Waals surface area contributed by atoms with Gasteiger partial charge in [-0.05, 0) is 30.6 Å². The largest absolute Gasteiger partial charge is 0.304 e. The van der Waals surface area contributed by atoms with Gasteiger partial charge in [-0.25, -0.2) is 0 Å². The lowest BCUT2D eigenvalue weighted by Crippen LogP contribution is -2.35. The van der Waals surface area contributed by atoms with E-state index in [4.69, 9.17) is 0 Å². The zero-order valence-electron chi connectivity index (χ0n) is 10.7. The van der Waals surface area contributed by atoms with Crippen molar-refractivity contribution in [3.8, 4) is 0 Å². The van der Waals surface area contributed by atoms with E-state index in [1.165, 1.54) is 64.1 Å². The van der Waals surface area contributed by atoms with E-state index in [2.05, 4.69) is 5.32 Å².